The summed E-state index contributed by atoms with van der Waals surface area (Å²) >= 11 is 1.56. The summed E-state index contributed by atoms with van der Waals surface area (Å²) in [5.74, 6) is 2.34. The maximum Gasteiger partial charge on any atom is 0.148 e. The average molecular weight is 303 g/mol. The van der Waals surface area contributed by atoms with E-state index in [2.05, 4.69) is 0 Å². The largest absolute Gasteiger partial charge is 0.494 e. The van der Waals surface area contributed by atoms with E-state index in [1.54, 1.807) is 11.8 Å². The van der Waals surface area contributed by atoms with Crippen molar-refractivity contribution in [2.24, 2.45) is 5.73 Å². The van der Waals surface area contributed by atoms with Crippen LogP contribution in [0.1, 0.15) is 18.5 Å². The van der Waals surface area contributed by atoms with Crippen LogP contribution in [0.25, 0.3) is 0 Å². The van der Waals surface area contributed by atoms with Crippen LogP contribution in [-0.2, 0) is 9.84 Å². The van der Waals surface area contributed by atoms with Crippen molar-refractivity contribution in [3.05, 3.63) is 29.8 Å². The number of sulfone groups is 1. The molecule has 1 aromatic carbocycles. The van der Waals surface area contributed by atoms with Gasteiger partial charge in [-0.3, -0.25) is 0 Å². The summed E-state index contributed by atoms with van der Waals surface area (Å²) in [6, 6.07) is 7.62. The first kappa shape index (κ1) is 16.3. The SMILES string of the molecule is CCOc1ccc(C(N)CSCCS(C)(=O)=O)cc1. The number of thioether (sulfide) groups is 1. The lowest BCUT2D eigenvalue weighted by Crippen LogP contribution is -2.14. The van der Waals surface area contributed by atoms with Crippen LogP contribution in [0.15, 0.2) is 24.3 Å². The van der Waals surface area contributed by atoms with Gasteiger partial charge in [0.15, 0.2) is 0 Å². The fraction of sp³-hybridized carbons (Fsp3) is 0.538. The van der Waals surface area contributed by atoms with Crippen LogP contribution in [0.2, 0.25) is 0 Å². The maximum absolute atomic E-state index is 11.0. The Morgan fingerprint density at radius 1 is 1.32 bits per heavy atom. The molecule has 2 N–H and O–H groups in total. The Labute approximate surface area is 119 Å². The third kappa shape index (κ3) is 6.84. The van der Waals surface area contributed by atoms with Gasteiger partial charge in [0, 0.05) is 23.8 Å². The summed E-state index contributed by atoms with van der Waals surface area (Å²) in [7, 11) is -2.88. The van der Waals surface area contributed by atoms with Gasteiger partial charge in [-0.25, -0.2) is 8.42 Å². The molecule has 0 aliphatic heterocycles. The molecule has 108 valence electrons. The van der Waals surface area contributed by atoms with Crippen molar-refractivity contribution < 1.29 is 13.2 Å². The van der Waals surface area contributed by atoms with Crippen LogP contribution in [0, 0.1) is 0 Å². The molecular weight excluding hydrogens is 282 g/mol. The van der Waals surface area contributed by atoms with Crippen molar-refractivity contribution >= 4 is 21.6 Å². The van der Waals surface area contributed by atoms with Crippen molar-refractivity contribution in [1.82, 2.24) is 0 Å². The normalized spacial score (nSPS) is 13.2. The molecule has 0 spiro atoms. The highest BCUT2D eigenvalue weighted by Gasteiger charge is 2.08. The molecule has 0 aromatic heterocycles. The number of hydrogen-bond acceptors (Lipinski definition) is 5. The molecule has 0 amide bonds. The molecule has 19 heavy (non-hydrogen) atoms. The van der Waals surface area contributed by atoms with Crippen LogP contribution < -0.4 is 10.5 Å². The number of rotatable bonds is 8. The van der Waals surface area contributed by atoms with Gasteiger partial charge < -0.3 is 10.5 Å². The smallest absolute Gasteiger partial charge is 0.148 e. The minimum atomic E-state index is -2.88. The number of hydrogen-bond donors (Lipinski definition) is 1. The highest BCUT2D eigenvalue weighted by molar-refractivity contribution is 8.00. The highest BCUT2D eigenvalue weighted by Crippen LogP contribution is 2.19. The lowest BCUT2D eigenvalue weighted by atomic mass is 10.1. The van der Waals surface area contributed by atoms with E-state index in [1.165, 1.54) is 6.26 Å². The van der Waals surface area contributed by atoms with Crippen LogP contribution in [-0.4, -0.2) is 38.5 Å². The van der Waals surface area contributed by atoms with Crippen LogP contribution in [0.4, 0.5) is 0 Å². The first-order chi connectivity index (χ1) is 8.92. The van der Waals surface area contributed by atoms with E-state index in [9.17, 15) is 8.42 Å². The van der Waals surface area contributed by atoms with Crippen LogP contribution in [0.5, 0.6) is 5.75 Å². The molecule has 1 unspecified atom stereocenters. The van der Waals surface area contributed by atoms with E-state index in [0.717, 1.165) is 11.3 Å². The Balaban J connectivity index is 2.38. The molecule has 0 saturated carbocycles. The molecule has 0 fully saturated rings. The Bertz CT molecular complexity index is 471. The maximum atomic E-state index is 11.0. The van der Waals surface area contributed by atoms with Gasteiger partial charge in [0.1, 0.15) is 15.6 Å². The van der Waals surface area contributed by atoms with Crippen molar-refractivity contribution in [3.8, 4) is 5.75 Å². The van der Waals surface area contributed by atoms with Gasteiger partial charge in [-0.2, -0.15) is 11.8 Å². The second kappa shape index (κ2) is 7.77. The van der Waals surface area contributed by atoms with E-state index >= 15 is 0 Å². The van der Waals surface area contributed by atoms with Gasteiger partial charge >= 0.3 is 0 Å². The van der Waals surface area contributed by atoms with Crippen LogP contribution >= 0.6 is 11.8 Å². The second-order valence-electron chi connectivity index (χ2n) is 4.31. The van der Waals surface area contributed by atoms with Crippen molar-refractivity contribution in [1.29, 1.82) is 0 Å². The van der Waals surface area contributed by atoms with Crippen molar-refractivity contribution in [3.63, 3.8) is 0 Å². The molecule has 1 rings (SSSR count). The average Bonchev–Trinajstić information content (AvgIpc) is 2.34. The standard InChI is InChI=1S/C13H21NO3S2/c1-3-17-12-6-4-11(5-7-12)13(14)10-18-8-9-19(2,15)16/h4-7,13H,3,8-10,14H2,1-2H3. The van der Waals surface area contributed by atoms with Crippen molar-refractivity contribution in [2.45, 2.75) is 13.0 Å². The fourth-order valence-corrected chi connectivity index (χ4v) is 3.79. The molecule has 0 aliphatic carbocycles. The number of nitrogens with two attached hydrogens (primary N) is 1. The van der Waals surface area contributed by atoms with Gasteiger partial charge in [-0.05, 0) is 24.6 Å². The zero-order valence-electron chi connectivity index (χ0n) is 11.3. The molecule has 1 atom stereocenters. The molecule has 4 nitrogen and oxygen atoms in total. The molecule has 6 heteroatoms. The number of benzene rings is 1. The Morgan fingerprint density at radius 3 is 2.47 bits per heavy atom. The van der Waals surface area contributed by atoms with Crippen LogP contribution in [0.3, 0.4) is 0 Å². The zero-order chi connectivity index (χ0) is 14.3. The molecular formula is C13H21NO3S2. The van der Waals surface area contributed by atoms with Crippen molar-refractivity contribution in [2.75, 3.05) is 30.1 Å². The zero-order valence-corrected chi connectivity index (χ0v) is 13.0. The second-order valence-corrected chi connectivity index (χ2v) is 7.72. The summed E-state index contributed by atoms with van der Waals surface area (Å²) in [6.45, 7) is 2.59. The Kier molecular flexibility index (Phi) is 6.68. The van der Waals surface area contributed by atoms with E-state index in [0.29, 0.717) is 18.1 Å². The first-order valence-electron chi connectivity index (χ1n) is 6.16. The van der Waals surface area contributed by atoms with Gasteiger partial charge in [-0.1, -0.05) is 12.1 Å². The molecule has 0 saturated heterocycles. The molecule has 0 heterocycles. The van der Waals surface area contributed by atoms with Gasteiger partial charge in [-0.15, -0.1) is 0 Å². The molecule has 0 radical (unpaired) electrons. The minimum Gasteiger partial charge on any atom is -0.494 e. The lowest BCUT2D eigenvalue weighted by molar-refractivity contribution is 0.340. The third-order valence-electron chi connectivity index (χ3n) is 2.52. The quantitative estimate of drug-likeness (QED) is 0.742. The molecule has 1 aromatic rings. The summed E-state index contributed by atoms with van der Waals surface area (Å²) in [5.41, 5.74) is 7.10. The van der Waals surface area contributed by atoms with Gasteiger partial charge in [0.05, 0.1) is 12.4 Å². The minimum absolute atomic E-state index is 0.0831. The Morgan fingerprint density at radius 2 is 1.95 bits per heavy atom. The highest BCUT2D eigenvalue weighted by atomic mass is 32.2. The van der Waals surface area contributed by atoms with Gasteiger partial charge in [0.25, 0.3) is 0 Å². The van der Waals surface area contributed by atoms with E-state index in [-0.39, 0.29) is 11.8 Å². The lowest BCUT2D eigenvalue weighted by Gasteiger charge is -2.12. The molecule has 0 aliphatic rings. The first-order valence-corrected chi connectivity index (χ1v) is 9.37. The third-order valence-corrected chi connectivity index (χ3v) is 4.81. The van der Waals surface area contributed by atoms with Gasteiger partial charge in [0.2, 0.25) is 0 Å². The summed E-state index contributed by atoms with van der Waals surface area (Å²) in [5, 5.41) is 0. The van der Waals surface area contributed by atoms with E-state index in [1.807, 2.05) is 31.2 Å². The van der Waals surface area contributed by atoms with E-state index in [4.69, 9.17) is 10.5 Å². The molecule has 0 bridgehead atoms. The predicted octanol–water partition coefficient (Wildman–Crippen LogP) is 1.86. The summed E-state index contributed by atoms with van der Waals surface area (Å²) in [4.78, 5) is 0. The summed E-state index contributed by atoms with van der Waals surface area (Å²) in [6.07, 6.45) is 1.25. The summed E-state index contributed by atoms with van der Waals surface area (Å²) < 4.78 is 27.3. The topological polar surface area (TPSA) is 69.4 Å². The fourth-order valence-electron chi connectivity index (χ4n) is 1.49. The predicted molar refractivity (Wildman–Crippen MR) is 81.6 cm³/mol. The number of ether oxygens (including phenoxy) is 1. The van der Waals surface area contributed by atoms with E-state index < -0.39 is 9.84 Å². The Hall–Kier alpha value is -0.720. The monoisotopic (exact) mass is 303 g/mol.